The lowest BCUT2D eigenvalue weighted by Gasteiger charge is -2.12. The standard InChI is InChI=1S/C17H25O2/c1-2-3-4-5-6-7-9-14-17(15-18)19-16-12-10-8-11-13-16/h8,10-13,17H,2-7,9,14H2,1H3. The summed E-state index contributed by atoms with van der Waals surface area (Å²) in [6, 6.07) is 9.49. The number of carbonyl (C=O) groups excluding carboxylic acids is 1. The Morgan fingerprint density at radius 3 is 2.26 bits per heavy atom. The van der Waals surface area contributed by atoms with Crippen LogP contribution in [-0.4, -0.2) is 12.4 Å². The lowest BCUT2D eigenvalue weighted by atomic mass is 10.1. The fourth-order valence-corrected chi connectivity index (χ4v) is 2.09. The number of unbranched alkanes of at least 4 members (excludes halogenated alkanes) is 6. The average Bonchev–Trinajstić information content (AvgIpc) is 2.46. The molecule has 0 bridgehead atoms. The summed E-state index contributed by atoms with van der Waals surface area (Å²) in [5.74, 6) is 0.749. The van der Waals surface area contributed by atoms with Crippen molar-refractivity contribution in [2.75, 3.05) is 0 Å². The maximum atomic E-state index is 10.9. The molecule has 0 saturated carbocycles. The fraction of sp³-hybridized carbons (Fsp3) is 0.588. The van der Waals surface area contributed by atoms with E-state index in [9.17, 15) is 4.79 Å². The molecular weight excluding hydrogens is 236 g/mol. The highest BCUT2D eigenvalue weighted by molar-refractivity contribution is 5.57. The zero-order valence-corrected chi connectivity index (χ0v) is 11.9. The van der Waals surface area contributed by atoms with E-state index in [1.165, 1.54) is 38.5 Å². The van der Waals surface area contributed by atoms with Gasteiger partial charge in [-0.3, -0.25) is 4.79 Å². The molecule has 0 fully saturated rings. The van der Waals surface area contributed by atoms with Crippen molar-refractivity contribution in [3.63, 3.8) is 0 Å². The lowest BCUT2D eigenvalue weighted by molar-refractivity contribution is 0.243. The molecule has 19 heavy (non-hydrogen) atoms. The highest BCUT2D eigenvalue weighted by Gasteiger charge is 2.09. The van der Waals surface area contributed by atoms with Gasteiger partial charge in [0.1, 0.15) is 5.75 Å². The largest absolute Gasteiger partial charge is 0.482 e. The second-order valence-electron chi connectivity index (χ2n) is 4.95. The van der Waals surface area contributed by atoms with Gasteiger partial charge in [0.2, 0.25) is 6.29 Å². The fourth-order valence-electron chi connectivity index (χ4n) is 2.09. The van der Waals surface area contributed by atoms with Crippen LogP contribution in [0.4, 0.5) is 0 Å². The molecule has 1 aromatic rings. The monoisotopic (exact) mass is 261 g/mol. The minimum absolute atomic E-state index is 0.418. The van der Waals surface area contributed by atoms with Crippen LogP contribution in [0.5, 0.6) is 5.75 Å². The molecule has 0 heterocycles. The van der Waals surface area contributed by atoms with Gasteiger partial charge in [-0.2, -0.15) is 0 Å². The Morgan fingerprint density at radius 2 is 1.63 bits per heavy atom. The Balaban J connectivity index is 2.10. The van der Waals surface area contributed by atoms with Gasteiger partial charge in [0, 0.05) is 0 Å². The van der Waals surface area contributed by atoms with E-state index in [-0.39, 0.29) is 0 Å². The van der Waals surface area contributed by atoms with Gasteiger partial charge in [-0.25, -0.2) is 0 Å². The summed E-state index contributed by atoms with van der Waals surface area (Å²) in [5.41, 5.74) is 0. The summed E-state index contributed by atoms with van der Waals surface area (Å²) in [6.45, 7) is 2.23. The third kappa shape index (κ3) is 7.66. The molecule has 0 aliphatic rings. The summed E-state index contributed by atoms with van der Waals surface area (Å²) < 4.78 is 5.59. The first-order valence-electron chi connectivity index (χ1n) is 7.46. The third-order valence-electron chi connectivity index (χ3n) is 3.22. The van der Waals surface area contributed by atoms with Crippen LogP contribution in [0.1, 0.15) is 58.3 Å². The quantitative estimate of drug-likeness (QED) is 0.540. The van der Waals surface area contributed by atoms with E-state index in [4.69, 9.17) is 4.74 Å². The van der Waals surface area contributed by atoms with E-state index >= 15 is 0 Å². The van der Waals surface area contributed by atoms with Crippen LogP contribution in [0, 0.1) is 0 Å². The van der Waals surface area contributed by atoms with E-state index in [2.05, 4.69) is 6.92 Å². The van der Waals surface area contributed by atoms with Crippen molar-refractivity contribution in [3.05, 3.63) is 30.3 Å². The molecule has 2 heteroatoms. The van der Waals surface area contributed by atoms with E-state index < -0.39 is 6.10 Å². The van der Waals surface area contributed by atoms with Crippen LogP contribution < -0.4 is 4.74 Å². The van der Waals surface area contributed by atoms with E-state index in [1.807, 2.05) is 36.6 Å². The van der Waals surface area contributed by atoms with Crippen LogP contribution >= 0.6 is 0 Å². The van der Waals surface area contributed by atoms with E-state index in [1.54, 1.807) is 0 Å². The van der Waals surface area contributed by atoms with Gasteiger partial charge in [-0.05, 0) is 25.0 Å². The first kappa shape index (κ1) is 15.7. The Hall–Kier alpha value is -1.31. The maximum absolute atomic E-state index is 10.9. The van der Waals surface area contributed by atoms with Crippen LogP contribution in [0.15, 0.2) is 30.3 Å². The molecule has 0 saturated heterocycles. The Morgan fingerprint density at radius 1 is 1.00 bits per heavy atom. The van der Waals surface area contributed by atoms with Crippen molar-refractivity contribution in [2.24, 2.45) is 0 Å². The zero-order chi connectivity index (χ0) is 13.8. The molecule has 1 unspecified atom stereocenters. The Bertz CT molecular complexity index is 321. The van der Waals surface area contributed by atoms with Crippen molar-refractivity contribution in [1.29, 1.82) is 0 Å². The van der Waals surface area contributed by atoms with Crippen molar-refractivity contribution in [1.82, 2.24) is 0 Å². The molecule has 2 nitrogen and oxygen atoms in total. The summed E-state index contributed by atoms with van der Waals surface area (Å²) in [4.78, 5) is 10.9. The van der Waals surface area contributed by atoms with Crippen LogP contribution in [0.3, 0.4) is 0 Å². The summed E-state index contributed by atoms with van der Waals surface area (Å²) in [5, 5.41) is 0. The predicted molar refractivity (Wildman–Crippen MR) is 79.2 cm³/mol. The molecule has 105 valence electrons. The number of para-hydroxylation sites is 1. The lowest BCUT2D eigenvalue weighted by Crippen LogP contribution is -2.17. The molecule has 0 aliphatic heterocycles. The second-order valence-corrected chi connectivity index (χ2v) is 4.95. The molecule has 0 amide bonds. The van der Waals surface area contributed by atoms with Gasteiger partial charge in [-0.15, -0.1) is 0 Å². The van der Waals surface area contributed by atoms with E-state index in [0.717, 1.165) is 18.6 Å². The number of ether oxygens (including phenoxy) is 1. The smallest absolute Gasteiger partial charge is 0.242 e. The second kappa shape index (κ2) is 10.6. The van der Waals surface area contributed by atoms with Crippen molar-refractivity contribution in [3.8, 4) is 5.75 Å². The Labute approximate surface area is 117 Å². The van der Waals surface area contributed by atoms with Gasteiger partial charge < -0.3 is 4.74 Å². The topological polar surface area (TPSA) is 26.3 Å². The highest BCUT2D eigenvalue weighted by atomic mass is 16.5. The first-order valence-corrected chi connectivity index (χ1v) is 7.46. The molecular formula is C17H25O2. The molecule has 1 radical (unpaired) electrons. The molecule has 0 spiro atoms. The molecule has 1 aromatic carbocycles. The van der Waals surface area contributed by atoms with Crippen LogP contribution in [0.25, 0.3) is 0 Å². The number of rotatable bonds is 11. The van der Waals surface area contributed by atoms with Crippen molar-refractivity contribution >= 4 is 6.29 Å². The summed E-state index contributed by atoms with van der Waals surface area (Å²) >= 11 is 0. The summed E-state index contributed by atoms with van der Waals surface area (Å²) in [7, 11) is 0. The van der Waals surface area contributed by atoms with Crippen molar-refractivity contribution in [2.45, 2.75) is 64.4 Å². The first-order chi connectivity index (χ1) is 9.36. The summed E-state index contributed by atoms with van der Waals surface area (Å²) in [6.07, 6.45) is 11.1. The predicted octanol–water partition coefficient (Wildman–Crippen LogP) is 4.68. The van der Waals surface area contributed by atoms with Crippen LogP contribution in [0.2, 0.25) is 0 Å². The zero-order valence-electron chi connectivity index (χ0n) is 11.9. The number of benzene rings is 1. The van der Waals surface area contributed by atoms with Crippen LogP contribution in [-0.2, 0) is 4.79 Å². The molecule has 1 atom stereocenters. The van der Waals surface area contributed by atoms with Gasteiger partial charge >= 0.3 is 0 Å². The van der Waals surface area contributed by atoms with Gasteiger partial charge in [-0.1, -0.05) is 63.6 Å². The highest BCUT2D eigenvalue weighted by Crippen LogP contribution is 2.14. The molecule has 1 rings (SSSR count). The molecule has 0 aliphatic carbocycles. The van der Waals surface area contributed by atoms with Gasteiger partial charge in [0.15, 0.2) is 6.10 Å². The van der Waals surface area contributed by atoms with Gasteiger partial charge in [0.05, 0.1) is 0 Å². The minimum atomic E-state index is -0.418. The molecule has 0 N–H and O–H groups in total. The maximum Gasteiger partial charge on any atom is 0.242 e. The minimum Gasteiger partial charge on any atom is -0.482 e. The number of hydrogen-bond donors (Lipinski definition) is 0. The van der Waals surface area contributed by atoms with Gasteiger partial charge in [0.25, 0.3) is 0 Å². The SMILES string of the molecule is CCCCCCCCCC([C]=O)Oc1ccccc1. The Kier molecular flexibility index (Phi) is 8.78. The van der Waals surface area contributed by atoms with Crippen molar-refractivity contribution < 1.29 is 9.53 Å². The average molecular weight is 261 g/mol. The molecule has 0 aromatic heterocycles. The normalized spacial score (nSPS) is 12.1. The van der Waals surface area contributed by atoms with E-state index in [0.29, 0.717) is 0 Å². The number of hydrogen-bond acceptors (Lipinski definition) is 2. The third-order valence-corrected chi connectivity index (χ3v) is 3.22.